The Morgan fingerprint density at radius 3 is 1.71 bits per heavy atom. The summed E-state index contributed by atoms with van der Waals surface area (Å²) in [5.41, 5.74) is 8.61. The lowest BCUT2D eigenvalue weighted by Gasteiger charge is -2.13. The van der Waals surface area contributed by atoms with Gasteiger partial charge in [0, 0.05) is 13.2 Å². The fourth-order valence-corrected chi connectivity index (χ4v) is 2.50. The molecule has 1 heterocycles. The molecule has 0 radical (unpaired) electrons. The molecule has 2 rings (SSSR count). The van der Waals surface area contributed by atoms with Gasteiger partial charge < -0.3 is 4.74 Å². The molecule has 1 aromatic rings. The Morgan fingerprint density at radius 2 is 1.38 bits per heavy atom. The molecule has 21 heavy (non-hydrogen) atoms. The maximum atomic E-state index is 11.6. The lowest BCUT2D eigenvalue weighted by molar-refractivity contribution is -0.124. The van der Waals surface area contributed by atoms with Crippen molar-refractivity contribution in [2.45, 2.75) is 40.5 Å². The van der Waals surface area contributed by atoms with Crippen LogP contribution in [-0.2, 0) is 14.3 Å². The molecule has 1 saturated heterocycles. The van der Waals surface area contributed by atoms with Gasteiger partial charge in [-0.2, -0.15) is 0 Å². The number of hydrogen-bond acceptors (Lipinski definition) is 3. The molecule has 116 valence electrons. The lowest BCUT2D eigenvalue weighted by atomic mass is 9.89. The van der Waals surface area contributed by atoms with Crippen molar-refractivity contribution >= 4 is 11.8 Å². The molecule has 2 amide bonds. The van der Waals surface area contributed by atoms with Crippen molar-refractivity contribution in [1.82, 2.24) is 10.9 Å². The average molecular weight is 292 g/mol. The molecular formula is C16H24N2O3. The smallest absolute Gasteiger partial charge is 0.255 e. The third kappa shape index (κ3) is 4.29. The van der Waals surface area contributed by atoms with Crippen LogP contribution in [0.5, 0.6) is 0 Å². The Bertz CT molecular complexity index is 485. The zero-order chi connectivity index (χ0) is 16.0. The summed E-state index contributed by atoms with van der Waals surface area (Å²) in [6.07, 6.45) is 0. The Kier molecular flexibility index (Phi) is 6.37. The van der Waals surface area contributed by atoms with Crippen LogP contribution in [0.4, 0.5) is 0 Å². The first-order valence-electron chi connectivity index (χ1n) is 7.17. The standard InChI is InChI=1S/C12H14N2O2.C4H10O/c1-6-4-7(2)9(8(3)5-6)10-11(15)13-14-12(10)16;1-3-5-4-2/h4-5,10H,1-3H3,(H,13,15)(H,14,16);3-4H2,1-2H3. The zero-order valence-electron chi connectivity index (χ0n) is 13.4. The van der Waals surface area contributed by atoms with Gasteiger partial charge in [-0.1, -0.05) is 17.7 Å². The largest absolute Gasteiger partial charge is 0.382 e. The molecule has 0 unspecified atom stereocenters. The highest BCUT2D eigenvalue weighted by Gasteiger charge is 2.36. The van der Waals surface area contributed by atoms with Crippen LogP contribution in [0.15, 0.2) is 12.1 Å². The normalized spacial score (nSPS) is 14.3. The maximum Gasteiger partial charge on any atom is 0.255 e. The number of hydrogen-bond donors (Lipinski definition) is 2. The van der Waals surface area contributed by atoms with E-state index in [0.29, 0.717) is 0 Å². The van der Waals surface area contributed by atoms with Crippen molar-refractivity contribution in [1.29, 1.82) is 0 Å². The lowest BCUT2D eigenvalue weighted by Crippen LogP contribution is -2.28. The number of carbonyl (C=O) groups is 2. The summed E-state index contributed by atoms with van der Waals surface area (Å²) in [4.78, 5) is 23.2. The van der Waals surface area contributed by atoms with Crippen molar-refractivity contribution in [3.63, 3.8) is 0 Å². The molecule has 0 spiro atoms. The average Bonchev–Trinajstić information content (AvgIpc) is 2.71. The van der Waals surface area contributed by atoms with Gasteiger partial charge in [0.15, 0.2) is 0 Å². The van der Waals surface area contributed by atoms with Crippen LogP contribution in [0.25, 0.3) is 0 Å². The van der Waals surface area contributed by atoms with E-state index in [-0.39, 0.29) is 11.8 Å². The van der Waals surface area contributed by atoms with Gasteiger partial charge in [-0.05, 0) is 51.3 Å². The second-order valence-electron chi connectivity index (χ2n) is 5.01. The SMILES string of the molecule is CCOCC.Cc1cc(C)c(C2C(=O)NNC2=O)c(C)c1. The van der Waals surface area contributed by atoms with Gasteiger partial charge in [0.2, 0.25) is 0 Å². The van der Waals surface area contributed by atoms with Gasteiger partial charge in [0.05, 0.1) is 0 Å². The third-order valence-electron chi connectivity index (χ3n) is 3.27. The van der Waals surface area contributed by atoms with Crippen molar-refractivity contribution < 1.29 is 14.3 Å². The molecule has 1 aromatic carbocycles. The highest BCUT2D eigenvalue weighted by molar-refractivity contribution is 6.10. The molecular weight excluding hydrogens is 268 g/mol. The highest BCUT2D eigenvalue weighted by atomic mass is 16.5. The molecule has 1 aliphatic heterocycles. The monoisotopic (exact) mass is 292 g/mol. The molecule has 5 nitrogen and oxygen atoms in total. The van der Waals surface area contributed by atoms with Crippen LogP contribution in [0.1, 0.15) is 42.0 Å². The minimum Gasteiger partial charge on any atom is -0.382 e. The number of nitrogens with one attached hydrogen (secondary N) is 2. The van der Waals surface area contributed by atoms with Crippen molar-refractivity contribution in [3.05, 3.63) is 34.4 Å². The molecule has 0 aliphatic carbocycles. The first kappa shape index (κ1) is 17.2. The van der Waals surface area contributed by atoms with E-state index in [9.17, 15) is 9.59 Å². The van der Waals surface area contributed by atoms with Gasteiger partial charge in [-0.3, -0.25) is 20.4 Å². The first-order valence-corrected chi connectivity index (χ1v) is 7.17. The summed E-state index contributed by atoms with van der Waals surface area (Å²) < 4.78 is 4.83. The van der Waals surface area contributed by atoms with Crippen molar-refractivity contribution in [2.24, 2.45) is 0 Å². The van der Waals surface area contributed by atoms with E-state index in [1.54, 1.807) is 0 Å². The third-order valence-corrected chi connectivity index (χ3v) is 3.27. The molecule has 0 bridgehead atoms. The van der Waals surface area contributed by atoms with Crippen LogP contribution >= 0.6 is 0 Å². The fourth-order valence-electron chi connectivity index (χ4n) is 2.50. The zero-order valence-corrected chi connectivity index (χ0v) is 13.4. The first-order chi connectivity index (χ1) is 9.92. The number of aryl methyl sites for hydroxylation is 3. The molecule has 1 aliphatic rings. The minimum absolute atomic E-state index is 0.278. The molecule has 1 fully saturated rings. The van der Waals surface area contributed by atoms with Crippen LogP contribution in [0, 0.1) is 20.8 Å². The van der Waals surface area contributed by atoms with Crippen LogP contribution in [0.2, 0.25) is 0 Å². The van der Waals surface area contributed by atoms with E-state index in [2.05, 4.69) is 10.9 Å². The minimum atomic E-state index is -0.708. The van der Waals surface area contributed by atoms with Crippen LogP contribution in [0.3, 0.4) is 0 Å². The quantitative estimate of drug-likeness (QED) is 0.836. The topological polar surface area (TPSA) is 67.4 Å². The van der Waals surface area contributed by atoms with Crippen LogP contribution < -0.4 is 10.9 Å². The summed E-state index contributed by atoms with van der Waals surface area (Å²) in [5.74, 6) is -1.26. The number of amides is 2. The van der Waals surface area contributed by atoms with E-state index >= 15 is 0 Å². The number of benzene rings is 1. The second-order valence-corrected chi connectivity index (χ2v) is 5.01. The van der Waals surface area contributed by atoms with Crippen molar-refractivity contribution in [3.8, 4) is 0 Å². The van der Waals surface area contributed by atoms with Gasteiger partial charge >= 0.3 is 0 Å². The Hall–Kier alpha value is -1.88. The van der Waals surface area contributed by atoms with Gasteiger partial charge in [-0.25, -0.2) is 0 Å². The van der Waals surface area contributed by atoms with Crippen LogP contribution in [-0.4, -0.2) is 25.0 Å². The van der Waals surface area contributed by atoms with Crippen molar-refractivity contribution in [2.75, 3.05) is 13.2 Å². The van der Waals surface area contributed by atoms with E-state index in [0.717, 1.165) is 35.5 Å². The Balaban J connectivity index is 0.000000383. The van der Waals surface area contributed by atoms with Gasteiger partial charge in [0.1, 0.15) is 5.92 Å². The Labute approximate surface area is 126 Å². The van der Waals surface area contributed by atoms with E-state index < -0.39 is 5.92 Å². The Morgan fingerprint density at radius 1 is 0.952 bits per heavy atom. The molecule has 0 aromatic heterocycles. The predicted molar refractivity (Wildman–Crippen MR) is 81.8 cm³/mol. The molecule has 0 atom stereocenters. The summed E-state index contributed by atoms with van der Waals surface area (Å²) in [7, 11) is 0. The second kappa shape index (κ2) is 7.78. The molecule has 0 saturated carbocycles. The summed E-state index contributed by atoms with van der Waals surface area (Å²) >= 11 is 0. The summed E-state index contributed by atoms with van der Waals surface area (Å²) in [5, 5.41) is 0. The predicted octanol–water partition coefficient (Wildman–Crippen LogP) is 1.90. The summed E-state index contributed by atoms with van der Waals surface area (Å²) in [6, 6.07) is 3.97. The molecule has 5 heteroatoms. The van der Waals surface area contributed by atoms with Gasteiger partial charge in [0.25, 0.3) is 11.8 Å². The highest BCUT2D eigenvalue weighted by Crippen LogP contribution is 2.27. The molecule has 2 N–H and O–H groups in total. The maximum absolute atomic E-state index is 11.6. The number of hydrazine groups is 1. The number of ether oxygens (including phenoxy) is 1. The van der Waals surface area contributed by atoms with E-state index in [1.165, 1.54) is 0 Å². The van der Waals surface area contributed by atoms with E-state index in [4.69, 9.17) is 4.74 Å². The van der Waals surface area contributed by atoms with E-state index in [1.807, 2.05) is 46.8 Å². The number of carbonyl (C=O) groups excluding carboxylic acids is 2. The number of rotatable bonds is 3. The van der Waals surface area contributed by atoms with Gasteiger partial charge in [-0.15, -0.1) is 0 Å². The summed E-state index contributed by atoms with van der Waals surface area (Å²) in [6.45, 7) is 11.5. The fraction of sp³-hybridized carbons (Fsp3) is 0.500.